The minimum atomic E-state index is -2.91. The molecule has 0 radical (unpaired) electrons. The molecular weight excluding hydrogens is 318 g/mol. The maximum Gasteiger partial charge on any atom is 0.270 e. The van der Waals surface area contributed by atoms with Crippen LogP contribution in [0.15, 0.2) is 47.0 Å². The standard InChI is InChI=1S/C17H14F2N2O3/c1-17(18,19)11-5-3-10(4-6-11)15-20-16(24-21-15)13-8-7-12(23-2)9-14(13)22/h3-9,22H,1-2H3. The monoisotopic (exact) mass is 332 g/mol. The molecule has 3 rings (SSSR count). The zero-order valence-electron chi connectivity index (χ0n) is 13.0. The molecule has 0 aliphatic carbocycles. The van der Waals surface area contributed by atoms with Crippen molar-refractivity contribution in [1.29, 1.82) is 0 Å². The Morgan fingerprint density at radius 2 is 1.83 bits per heavy atom. The normalized spacial score (nSPS) is 11.5. The van der Waals surface area contributed by atoms with Gasteiger partial charge in [-0.2, -0.15) is 4.98 Å². The number of phenols is 1. The molecule has 7 heteroatoms. The van der Waals surface area contributed by atoms with Crippen LogP contribution < -0.4 is 4.74 Å². The molecule has 0 amide bonds. The summed E-state index contributed by atoms with van der Waals surface area (Å²) in [5.41, 5.74) is 0.792. The molecule has 2 aromatic carbocycles. The number of hydrogen-bond donors (Lipinski definition) is 1. The third kappa shape index (κ3) is 3.05. The number of ether oxygens (including phenoxy) is 1. The Hall–Kier alpha value is -2.96. The van der Waals surface area contributed by atoms with E-state index in [2.05, 4.69) is 10.1 Å². The van der Waals surface area contributed by atoms with E-state index in [0.717, 1.165) is 6.92 Å². The number of phenolic OH excluding ortho intramolecular Hbond substituents is 1. The van der Waals surface area contributed by atoms with Crippen LogP contribution >= 0.6 is 0 Å². The van der Waals surface area contributed by atoms with Crippen molar-refractivity contribution in [2.75, 3.05) is 7.11 Å². The molecule has 24 heavy (non-hydrogen) atoms. The molecule has 5 nitrogen and oxygen atoms in total. The summed E-state index contributed by atoms with van der Waals surface area (Å²) < 4.78 is 36.6. The van der Waals surface area contributed by atoms with Gasteiger partial charge in [0.05, 0.1) is 12.7 Å². The second-order valence-electron chi connectivity index (χ2n) is 5.27. The molecule has 0 aliphatic heterocycles. The largest absolute Gasteiger partial charge is 0.507 e. The van der Waals surface area contributed by atoms with E-state index < -0.39 is 5.92 Å². The van der Waals surface area contributed by atoms with Crippen LogP contribution in [0.25, 0.3) is 22.8 Å². The zero-order valence-corrected chi connectivity index (χ0v) is 13.0. The number of aromatic nitrogens is 2. The van der Waals surface area contributed by atoms with Gasteiger partial charge in [-0.1, -0.05) is 29.4 Å². The number of nitrogens with zero attached hydrogens (tertiary/aromatic N) is 2. The predicted octanol–water partition coefficient (Wildman–Crippen LogP) is 4.23. The molecule has 1 aromatic heterocycles. The lowest BCUT2D eigenvalue weighted by molar-refractivity contribution is 0.0175. The quantitative estimate of drug-likeness (QED) is 0.774. The first kappa shape index (κ1) is 15.9. The van der Waals surface area contributed by atoms with Crippen LogP contribution in [0.2, 0.25) is 0 Å². The van der Waals surface area contributed by atoms with Crippen molar-refractivity contribution in [3.8, 4) is 34.3 Å². The summed E-state index contributed by atoms with van der Waals surface area (Å²) in [5, 5.41) is 13.8. The van der Waals surface area contributed by atoms with Crippen molar-refractivity contribution in [3.05, 3.63) is 48.0 Å². The first-order chi connectivity index (χ1) is 11.4. The van der Waals surface area contributed by atoms with E-state index in [-0.39, 0.29) is 23.0 Å². The van der Waals surface area contributed by atoms with Gasteiger partial charge in [0.25, 0.3) is 11.8 Å². The van der Waals surface area contributed by atoms with Gasteiger partial charge in [-0.3, -0.25) is 0 Å². The van der Waals surface area contributed by atoms with Crippen molar-refractivity contribution in [2.45, 2.75) is 12.8 Å². The number of methoxy groups -OCH3 is 1. The minimum Gasteiger partial charge on any atom is -0.507 e. The van der Waals surface area contributed by atoms with E-state index in [0.29, 0.717) is 16.9 Å². The van der Waals surface area contributed by atoms with Gasteiger partial charge in [0.15, 0.2) is 0 Å². The van der Waals surface area contributed by atoms with Gasteiger partial charge in [0.2, 0.25) is 5.82 Å². The molecule has 1 N–H and O–H groups in total. The molecule has 0 aliphatic rings. The minimum absolute atomic E-state index is 0.0643. The topological polar surface area (TPSA) is 68.4 Å². The highest BCUT2D eigenvalue weighted by Crippen LogP contribution is 2.33. The summed E-state index contributed by atoms with van der Waals surface area (Å²) in [6, 6.07) is 10.3. The van der Waals surface area contributed by atoms with Gasteiger partial charge < -0.3 is 14.4 Å². The van der Waals surface area contributed by atoms with Crippen LogP contribution in [0.4, 0.5) is 8.78 Å². The number of benzene rings is 2. The van der Waals surface area contributed by atoms with Crippen LogP contribution in [0.3, 0.4) is 0 Å². The molecule has 0 spiro atoms. The molecule has 0 atom stereocenters. The highest BCUT2D eigenvalue weighted by molar-refractivity contribution is 5.66. The molecule has 0 bridgehead atoms. The first-order valence-corrected chi connectivity index (χ1v) is 7.08. The summed E-state index contributed by atoms with van der Waals surface area (Å²) in [6.45, 7) is 0.834. The molecule has 1 heterocycles. The third-order valence-corrected chi connectivity index (χ3v) is 3.51. The Balaban J connectivity index is 1.91. The third-order valence-electron chi connectivity index (χ3n) is 3.51. The van der Waals surface area contributed by atoms with Crippen molar-refractivity contribution in [2.24, 2.45) is 0 Å². The Morgan fingerprint density at radius 1 is 1.12 bits per heavy atom. The summed E-state index contributed by atoms with van der Waals surface area (Å²) in [6.07, 6.45) is 0. The lowest BCUT2D eigenvalue weighted by Crippen LogP contribution is -2.06. The van der Waals surface area contributed by atoms with Gasteiger partial charge in [-0.25, -0.2) is 8.78 Å². The number of hydrogen-bond acceptors (Lipinski definition) is 5. The molecule has 0 saturated heterocycles. The molecular formula is C17H14F2N2O3. The van der Waals surface area contributed by atoms with Crippen LogP contribution in [0, 0.1) is 0 Å². The Morgan fingerprint density at radius 3 is 2.42 bits per heavy atom. The zero-order chi connectivity index (χ0) is 17.3. The van der Waals surface area contributed by atoms with Crippen LogP contribution in [0.5, 0.6) is 11.5 Å². The smallest absolute Gasteiger partial charge is 0.270 e. The highest BCUT2D eigenvalue weighted by atomic mass is 19.3. The van der Waals surface area contributed by atoms with E-state index in [4.69, 9.17) is 9.26 Å². The van der Waals surface area contributed by atoms with Gasteiger partial charge in [0.1, 0.15) is 11.5 Å². The summed E-state index contributed by atoms with van der Waals surface area (Å²) in [7, 11) is 1.49. The molecule has 0 unspecified atom stereocenters. The fraction of sp³-hybridized carbons (Fsp3) is 0.176. The molecule has 3 aromatic rings. The Labute approximate surface area is 136 Å². The molecule has 124 valence electrons. The van der Waals surface area contributed by atoms with Gasteiger partial charge in [-0.05, 0) is 12.1 Å². The van der Waals surface area contributed by atoms with Crippen LogP contribution in [-0.2, 0) is 5.92 Å². The fourth-order valence-electron chi connectivity index (χ4n) is 2.18. The average Bonchev–Trinajstić information content (AvgIpc) is 3.03. The number of rotatable bonds is 4. The average molecular weight is 332 g/mol. The Kier molecular flexibility index (Phi) is 3.92. The van der Waals surface area contributed by atoms with Gasteiger partial charge in [-0.15, -0.1) is 0 Å². The van der Waals surface area contributed by atoms with Crippen molar-refractivity contribution in [3.63, 3.8) is 0 Å². The van der Waals surface area contributed by atoms with Gasteiger partial charge in [0, 0.05) is 24.1 Å². The second kappa shape index (κ2) is 5.92. The van der Waals surface area contributed by atoms with E-state index in [1.807, 2.05) is 0 Å². The second-order valence-corrected chi connectivity index (χ2v) is 5.27. The number of alkyl halides is 2. The van der Waals surface area contributed by atoms with E-state index >= 15 is 0 Å². The van der Waals surface area contributed by atoms with Gasteiger partial charge >= 0.3 is 0 Å². The first-order valence-electron chi connectivity index (χ1n) is 7.08. The SMILES string of the molecule is COc1ccc(-c2nc(-c3ccc(C(C)(F)F)cc3)no2)c(O)c1. The number of halogens is 2. The Bertz CT molecular complexity index is 855. The maximum absolute atomic E-state index is 13.2. The molecule has 0 fully saturated rings. The van der Waals surface area contributed by atoms with Crippen LogP contribution in [-0.4, -0.2) is 22.4 Å². The summed E-state index contributed by atoms with van der Waals surface area (Å²) in [4.78, 5) is 4.19. The predicted molar refractivity (Wildman–Crippen MR) is 83.0 cm³/mol. The summed E-state index contributed by atoms with van der Waals surface area (Å²) >= 11 is 0. The van der Waals surface area contributed by atoms with Crippen molar-refractivity contribution >= 4 is 0 Å². The van der Waals surface area contributed by atoms with E-state index in [9.17, 15) is 13.9 Å². The van der Waals surface area contributed by atoms with Crippen molar-refractivity contribution < 1.29 is 23.1 Å². The lowest BCUT2D eigenvalue weighted by atomic mass is 10.1. The van der Waals surface area contributed by atoms with Crippen molar-refractivity contribution in [1.82, 2.24) is 10.1 Å². The summed E-state index contributed by atoms with van der Waals surface area (Å²) in [5.74, 6) is -2.12. The number of aromatic hydroxyl groups is 1. The maximum atomic E-state index is 13.2. The molecule has 0 saturated carbocycles. The van der Waals surface area contributed by atoms with E-state index in [1.165, 1.54) is 37.4 Å². The highest BCUT2D eigenvalue weighted by Gasteiger charge is 2.24. The van der Waals surface area contributed by atoms with E-state index in [1.54, 1.807) is 12.1 Å². The fourth-order valence-corrected chi connectivity index (χ4v) is 2.18. The lowest BCUT2D eigenvalue weighted by Gasteiger charge is -2.09. The van der Waals surface area contributed by atoms with Crippen LogP contribution in [0.1, 0.15) is 12.5 Å².